The topological polar surface area (TPSA) is 78.2 Å². The molecule has 1 aliphatic rings. The van der Waals surface area contributed by atoms with E-state index >= 15 is 0 Å². The van der Waals surface area contributed by atoms with E-state index in [0.717, 1.165) is 37.7 Å². The van der Waals surface area contributed by atoms with Crippen molar-refractivity contribution in [2.75, 3.05) is 39.4 Å². The van der Waals surface area contributed by atoms with Gasteiger partial charge in [-0.2, -0.15) is 5.26 Å². The van der Waals surface area contributed by atoms with Crippen molar-refractivity contribution in [1.29, 1.82) is 5.26 Å². The van der Waals surface area contributed by atoms with Crippen LogP contribution in [0.3, 0.4) is 0 Å². The van der Waals surface area contributed by atoms with Crippen LogP contribution in [0.1, 0.15) is 4.88 Å². The summed E-state index contributed by atoms with van der Waals surface area (Å²) < 4.78 is 5.26. The largest absolute Gasteiger partial charge is 0.379 e. The van der Waals surface area contributed by atoms with Crippen LogP contribution in [0.15, 0.2) is 17.3 Å². The van der Waals surface area contributed by atoms with Gasteiger partial charge in [-0.1, -0.05) is 0 Å². The molecule has 0 aromatic carbocycles. The summed E-state index contributed by atoms with van der Waals surface area (Å²) in [7, 11) is 0. The van der Waals surface area contributed by atoms with Gasteiger partial charge in [-0.25, -0.2) is 0 Å². The first kappa shape index (κ1) is 14.7. The molecule has 1 fully saturated rings. The second kappa shape index (κ2) is 7.75. The molecule has 1 aromatic rings. The minimum atomic E-state index is -0.339. The number of aromatic nitrogens is 1. The first-order chi connectivity index (χ1) is 9.79. The van der Waals surface area contributed by atoms with Gasteiger partial charge in [0.25, 0.3) is 5.91 Å². The molecule has 1 N–H and O–H groups in total. The van der Waals surface area contributed by atoms with E-state index in [1.54, 1.807) is 17.8 Å². The third-order valence-electron chi connectivity index (χ3n) is 2.92. The smallest absolute Gasteiger partial charge is 0.262 e. The monoisotopic (exact) mass is 292 g/mol. The highest BCUT2D eigenvalue weighted by molar-refractivity contribution is 7.10. The molecule has 1 saturated heterocycles. The minimum absolute atomic E-state index is 0.108. The third kappa shape index (κ3) is 4.42. The molecule has 1 aromatic heterocycles. The van der Waals surface area contributed by atoms with Crippen molar-refractivity contribution in [3.8, 4) is 6.07 Å². The quantitative estimate of drug-likeness (QED) is 0.631. The maximum atomic E-state index is 11.9. The molecular weight excluding hydrogens is 276 g/mol. The number of carbonyl (C=O) groups excluding carboxylic acids is 1. The highest BCUT2D eigenvalue weighted by Gasteiger charge is 2.12. The maximum Gasteiger partial charge on any atom is 0.262 e. The molecule has 0 saturated carbocycles. The zero-order chi connectivity index (χ0) is 14.2. The fourth-order valence-corrected chi connectivity index (χ4v) is 2.39. The Bertz CT molecular complexity index is 501. The van der Waals surface area contributed by atoms with E-state index < -0.39 is 0 Å². The molecule has 0 atom stereocenters. The Morgan fingerprint density at radius 1 is 1.60 bits per heavy atom. The van der Waals surface area contributed by atoms with Gasteiger partial charge in [-0.05, 0) is 6.08 Å². The first-order valence-corrected chi connectivity index (χ1v) is 7.26. The molecule has 20 heavy (non-hydrogen) atoms. The zero-order valence-electron chi connectivity index (χ0n) is 11.0. The number of nitriles is 1. The predicted molar refractivity (Wildman–Crippen MR) is 76.0 cm³/mol. The second-order valence-corrected chi connectivity index (χ2v) is 5.20. The Hall–Kier alpha value is -1.75. The minimum Gasteiger partial charge on any atom is -0.379 e. The number of morpholine rings is 1. The lowest BCUT2D eigenvalue weighted by molar-refractivity contribution is -0.117. The van der Waals surface area contributed by atoms with Crippen molar-refractivity contribution in [3.05, 3.63) is 22.2 Å². The molecule has 0 unspecified atom stereocenters. The summed E-state index contributed by atoms with van der Waals surface area (Å²) in [5, 5.41) is 11.8. The molecule has 0 aliphatic carbocycles. The number of nitrogens with zero attached hydrogens (tertiary/aromatic N) is 3. The molecule has 0 radical (unpaired) electrons. The Balaban J connectivity index is 1.79. The number of rotatable bonds is 5. The van der Waals surface area contributed by atoms with Gasteiger partial charge >= 0.3 is 0 Å². The van der Waals surface area contributed by atoms with Gasteiger partial charge in [0.2, 0.25) is 0 Å². The molecule has 106 valence electrons. The summed E-state index contributed by atoms with van der Waals surface area (Å²) >= 11 is 1.39. The fourth-order valence-electron chi connectivity index (χ4n) is 1.84. The van der Waals surface area contributed by atoms with Crippen molar-refractivity contribution in [2.45, 2.75) is 0 Å². The van der Waals surface area contributed by atoms with Gasteiger partial charge in [-0.15, -0.1) is 11.3 Å². The number of amides is 1. The number of nitrogens with one attached hydrogen (secondary N) is 1. The lowest BCUT2D eigenvalue weighted by atomic mass is 10.2. The summed E-state index contributed by atoms with van der Waals surface area (Å²) in [6.07, 6.45) is 3.19. The number of thiazole rings is 1. The summed E-state index contributed by atoms with van der Waals surface area (Å²) in [6.45, 7) is 4.55. The van der Waals surface area contributed by atoms with Crippen molar-refractivity contribution in [3.63, 3.8) is 0 Å². The van der Waals surface area contributed by atoms with Gasteiger partial charge in [0.1, 0.15) is 11.6 Å². The Morgan fingerprint density at radius 3 is 3.05 bits per heavy atom. The van der Waals surface area contributed by atoms with Gasteiger partial charge in [0.05, 0.1) is 18.7 Å². The van der Waals surface area contributed by atoms with Gasteiger partial charge in [0.15, 0.2) is 0 Å². The summed E-state index contributed by atoms with van der Waals surface area (Å²) in [4.78, 5) is 18.8. The Labute approximate surface area is 121 Å². The summed E-state index contributed by atoms with van der Waals surface area (Å²) in [5.41, 5.74) is 1.77. The van der Waals surface area contributed by atoms with Crippen LogP contribution in [0.5, 0.6) is 0 Å². The van der Waals surface area contributed by atoms with Crippen molar-refractivity contribution in [2.24, 2.45) is 0 Å². The molecule has 2 heterocycles. The average molecular weight is 292 g/mol. The standard InChI is InChI=1S/C13H16N4O2S/c14-8-11(7-12-9-15-10-20-12)13(18)16-1-2-17-3-5-19-6-4-17/h7,9-10H,1-6H2,(H,16,18)/b11-7+. The SMILES string of the molecule is N#C/C(=C\c1cncs1)C(=O)NCCN1CCOCC1. The lowest BCUT2D eigenvalue weighted by Crippen LogP contribution is -2.41. The maximum absolute atomic E-state index is 11.9. The molecule has 0 bridgehead atoms. The van der Waals surface area contributed by atoms with Crippen LogP contribution >= 0.6 is 11.3 Å². The van der Waals surface area contributed by atoms with E-state index in [1.807, 2.05) is 6.07 Å². The van der Waals surface area contributed by atoms with E-state index in [1.165, 1.54) is 11.3 Å². The summed E-state index contributed by atoms with van der Waals surface area (Å²) in [6, 6.07) is 1.92. The summed E-state index contributed by atoms with van der Waals surface area (Å²) in [5.74, 6) is -0.339. The molecule has 2 rings (SSSR count). The number of hydrogen-bond acceptors (Lipinski definition) is 6. The van der Waals surface area contributed by atoms with E-state index in [0.29, 0.717) is 6.54 Å². The molecular formula is C13H16N4O2S. The second-order valence-electron chi connectivity index (χ2n) is 4.28. The predicted octanol–water partition coefficient (Wildman–Crippen LogP) is 0.498. The van der Waals surface area contributed by atoms with Crippen molar-refractivity contribution in [1.82, 2.24) is 15.2 Å². The van der Waals surface area contributed by atoms with E-state index in [4.69, 9.17) is 10.00 Å². The van der Waals surface area contributed by atoms with Crippen LogP contribution in [-0.2, 0) is 9.53 Å². The van der Waals surface area contributed by atoms with Gasteiger partial charge < -0.3 is 10.1 Å². The van der Waals surface area contributed by atoms with E-state index in [-0.39, 0.29) is 11.5 Å². The van der Waals surface area contributed by atoms with Gasteiger partial charge in [0, 0.05) is 37.3 Å². The van der Waals surface area contributed by atoms with Crippen LogP contribution in [-0.4, -0.2) is 55.2 Å². The number of carbonyl (C=O) groups is 1. The van der Waals surface area contributed by atoms with E-state index in [9.17, 15) is 4.79 Å². The van der Waals surface area contributed by atoms with Gasteiger partial charge in [-0.3, -0.25) is 14.7 Å². The van der Waals surface area contributed by atoms with Crippen molar-refractivity contribution < 1.29 is 9.53 Å². The first-order valence-electron chi connectivity index (χ1n) is 6.38. The molecule has 1 amide bonds. The van der Waals surface area contributed by atoms with Crippen molar-refractivity contribution >= 4 is 23.3 Å². The van der Waals surface area contributed by atoms with Crippen LogP contribution < -0.4 is 5.32 Å². The zero-order valence-corrected chi connectivity index (χ0v) is 11.9. The Kier molecular flexibility index (Phi) is 5.68. The normalized spacial score (nSPS) is 16.6. The highest BCUT2D eigenvalue weighted by atomic mass is 32.1. The molecule has 6 nitrogen and oxygen atoms in total. The number of hydrogen-bond donors (Lipinski definition) is 1. The van der Waals surface area contributed by atoms with Crippen LogP contribution in [0.2, 0.25) is 0 Å². The van der Waals surface area contributed by atoms with E-state index in [2.05, 4.69) is 15.2 Å². The number of ether oxygens (including phenoxy) is 1. The third-order valence-corrected chi connectivity index (χ3v) is 3.64. The fraction of sp³-hybridized carbons (Fsp3) is 0.462. The molecule has 1 aliphatic heterocycles. The van der Waals surface area contributed by atoms with Crippen LogP contribution in [0, 0.1) is 11.3 Å². The average Bonchev–Trinajstić information content (AvgIpc) is 2.98. The van der Waals surface area contributed by atoms with Crippen LogP contribution in [0.4, 0.5) is 0 Å². The highest BCUT2D eigenvalue weighted by Crippen LogP contribution is 2.10. The Morgan fingerprint density at radius 2 is 2.40 bits per heavy atom. The molecule has 0 spiro atoms. The van der Waals surface area contributed by atoms with Crippen LogP contribution in [0.25, 0.3) is 6.08 Å². The lowest BCUT2D eigenvalue weighted by Gasteiger charge is -2.26. The molecule has 7 heteroatoms.